The van der Waals surface area contributed by atoms with Gasteiger partial charge in [-0.2, -0.15) is 0 Å². The molecule has 7 heavy (non-hydrogen) atoms. The molecule has 0 saturated heterocycles. The second-order valence-electron chi connectivity index (χ2n) is 1.48. The molecule has 0 aromatic carbocycles. The van der Waals surface area contributed by atoms with Gasteiger partial charge in [0.1, 0.15) is 0 Å². The van der Waals surface area contributed by atoms with E-state index in [1.807, 2.05) is 0 Å². The minimum atomic E-state index is -2.00. The van der Waals surface area contributed by atoms with Crippen LogP contribution in [0.15, 0.2) is 0 Å². The van der Waals surface area contributed by atoms with Crippen LogP contribution in [0.5, 0.6) is 0 Å². The molecule has 0 N–H and O–H groups in total. The Morgan fingerprint density at radius 2 is 1.43 bits per heavy atom. The van der Waals surface area contributed by atoms with Crippen molar-refractivity contribution in [1.82, 2.24) is 0 Å². The van der Waals surface area contributed by atoms with Crippen molar-refractivity contribution in [2.45, 2.75) is 13.8 Å². The number of rotatable bonds is 0. The third kappa shape index (κ3) is 1190. The van der Waals surface area contributed by atoms with Crippen LogP contribution in [0.4, 0.5) is 0 Å². The molecule has 0 atom stereocenters. The van der Waals surface area contributed by atoms with Gasteiger partial charge in [0, 0.05) is 0 Å². The predicted molar refractivity (Wildman–Crippen MR) is 21.6 cm³/mol. The molecule has 1 radical (unpaired) electrons. The SMILES string of the molecule is [CH2]C(C)C.[O]=[Ti]=[O]. The second-order valence-corrected chi connectivity index (χ2v) is 1.74. The summed E-state index contributed by atoms with van der Waals surface area (Å²) in [5.41, 5.74) is 0. The molecule has 0 heterocycles. The van der Waals surface area contributed by atoms with Crippen LogP contribution in [0, 0.1) is 12.8 Å². The van der Waals surface area contributed by atoms with E-state index in [1.54, 1.807) is 0 Å². The van der Waals surface area contributed by atoms with E-state index >= 15 is 0 Å². The maximum absolute atomic E-state index is 8.50. The third-order valence-corrected chi connectivity index (χ3v) is 0. The van der Waals surface area contributed by atoms with E-state index in [-0.39, 0.29) is 0 Å². The Morgan fingerprint density at radius 3 is 1.43 bits per heavy atom. The Kier molecular flexibility index (Phi) is 14.1. The van der Waals surface area contributed by atoms with Crippen LogP contribution in [0.25, 0.3) is 0 Å². The van der Waals surface area contributed by atoms with Gasteiger partial charge in [0.15, 0.2) is 0 Å². The van der Waals surface area contributed by atoms with E-state index < -0.39 is 19.1 Å². The van der Waals surface area contributed by atoms with E-state index in [1.165, 1.54) is 0 Å². The summed E-state index contributed by atoms with van der Waals surface area (Å²) in [4.78, 5) is 0. The summed E-state index contributed by atoms with van der Waals surface area (Å²) in [6, 6.07) is 0. The summed E-state index contributed by atoms with van der Waals surface area (Å²) in [6.07, 6.45) is 0. The fraction of sp³-hybridized carbons (Fsp3) is 0.750. The van der Waals surface area contributed by atoms with Crippen LogP contribution in [-0.2, 0) is 25.7 Å². The molecule has 0 rings (SSSR count). The molecule has 2 nitrogen and oxygen atoms in total. The van der Waals surface area contributed by atoms with Gasteiger partial charge in [0.25, 0.3) is 0 Å². The zero-order valence-electron chi connectivity index (χ0n) is 4.60. The summed E-state index contributed by atoms with van der Waals surface area (Å²) in [5, 5.41) is 0. The van der Waals surface area contributed by atoms with E-state index in [0.29, 0.717) is 5.92 Å². The van der Waals surface area contributed by atoms with Gasteiger partial charge in [-0.05, 0) is 5.92 Å². The van der Waals surface area contributed by atoms with E-state index in [0.717, 1.165) is 0 Å². The van der Waals surface area contributed by atoms with Crippen LogP contribution < -0.4 is 0 Å². The first-order chi connectivity index (χ1) is 3.15. The second kappa shape index (κ2) is 9.58. The normalized spacial score (nSPS) is 6.29. The minimum absolute atomic E-state index is 0.583. The summed E-state index contributed by atoms with van der Waals surface area (Å²) < 4.78 is 17.0. The van der Waals surface area contributed by atoms with Gasteiger partial charge in [-0.1, -0.05) is 20.8 Å². The van der Waals surface area contributed by atoms with Gasteiger partial charge in [0.05, 0.1) is 0 Å². The molecule has 0 fully saturated rings. The number of hydrogen-bond acceptors (Lipinski definition) is 2. The van der Waals surface area contributed by atoms with Crippen molar-refractivity contribution in [1.29, 1.82) is 0 Å². The van der Waals surface area contributed by atoms with Crippen molar-refractivity contribution in [3.05, 3.63) is 6.92 Å². The summed E-state index contributed by atoms with van der Waals surface area (Å²) in [6.45, 7) is 7.75. The molecule has 0 aliphatic rings. The third-order valence-electron chi connectivity index (χ3n) is 0. The quantitative estimate of drug-likeness (QED) is 0.470. The van der Waals surface area contributed by atoms with Gasteiger partial charge in [0.2, 0.25) is 0 Å². The van der Waals surface area contributed by atoms with Crippen molar-refractivity contribution in [3.8, 4) is 0 Å². The predicted octanol–water partition coefficient (Wildman–Crippen LogP) is 1.24. The fourth-order valence-corrected chi connectivity index (χ4v) is 0. The van der Waals surface area contributed by atoms with Crippen LogP contribution >= 0.6 is 0 Å². The first-order valence-corrected chi connectivity index (χ1v) is 3.25. The summed E-state index contributed by atoms with van der Waals surface area (Å²) in [5.74, 6) is 0.583. The molecule has 0 bridgehead atoms. The van der Waals surface area contributed by atoms with Crippen LogP contribution in [0.1, 0.15) is 13.8 Å². The van der Waals surface area contributed by atoms with E-state index in [9.17, 15) is 0 Å². The monoisotopic (exact) mass is 137 g/mol. The van der Waals surface area contributed by atoms with E-state index in [4.69, 9.17) is 6.65 Å². The Balaban J connectivity index is 0. The summed E-state index contributed by atoms with van der Waals surface area (Å²) in [7, 11) is 0. The molecule has 0 aliphatic carbocycles. The molecule has 0 saturated carbocycles. The first kappa shape index (κ1) is 10.3. The zero-order valence-corrected chi connectivity index (χ0v) is 6.16. The van der Waals surface area contributed by atoms with Crippen LogP contribution in [-0.4, -0.2) is 0 Å². The Morgan fingerprint density at radius 1 is 1.43 bits per heavy atom. The van der Waals surface area contributed by atoms with Crippen molar-refractivity contribution >= 4 is 0 Å². The standard InChI is InChI=1S/C4H9.2O.Ti/c1-4(2)3;;;/h4H,1H2,2-3H3;;;. The van der Waals surface area contributed by atoms with Gasteiger partial charge < -0.3 is 0 Å². The zero-order chi connectivity index (χ0) is 6.28. The molecular weight excluding hydrogens is 128 g/mol. The topological polar surface area (TPSA) is 34.1 Å². The molecule has 41 valence electrons. The molecule has 0 unspecified atom stereocenters. The maximum atomic E-state index is 8.50. The molecule has 0 spiro atoms. The van der Waals surface area contributed by atoms with E-state index in [2.05, 4.69) is 20.8 Å². The first-order valence-electron chi connectivity index (χ1n) is 1.97. The van der Waals surface area contributed by atoms with Crippen molar-refractivity contribution < 1.29 is 25.7 Å². The Hall–Kier alpha value is 0.314. The van der Waals surface area contributed by atoms with Crippen molar-refractivity contribution in [3.63, 3.8) is 0 Å². The molecule has 3 heteroatoms. The van der Waals surface area contributed by atoms with Crippen molar-refractivity contribution in [2.24, 2.45) is 5.92 Å². The van der Waals surface area contributed by atoms with Crippen molar-refractivity contribution in [2.75, 3.05) is 0 Å². The molecular formula is C4H9O2Ti. The van der Waals surface area contributed by atoms with Gasteiger partial charge in [-0.3, -0.25) is 0 Å². The number of hydrogen-bond donors (Lipinski definition) is 0. The average molecular weight is 137 g/mol. The van der Waals surface area contributed by atoms with Gasteiger partial charge in [-0.15, -0.1) is 0 Å². The van der Waals surface area contributed by atoms with Gasteiger partial charge >= 0.3 is 25.7 Å². The molecule has 0 aromatic heterocycles. The molecule has 0 amide bonds. The fourth-order valence-electron chi connectivity index (χ4n) is 0. The molecule has 0 aliphatic heterocycles. The molecule has 0 aromatic rings. The van der Waals surface area contributed by atoms with Crippen LogP contribution in [0.2, 0.25) is 0 Å². The Bertz CT molecular complexity index is 52.0. The Labute approximate surface area is 52.9 Å². The van der Waals surface area contributed by atoms with Crippen LogP contribution in [0.3, 0.4) is 0 Å². The van der Waals surface area contributed by atoms with Gasteiger partial charge in [-0.25, -0.2) is 0 Å². The summed E-state index contributed by atoms with van der Waals surface area (Å²) >= 11 is -2.00. The average Bonchev–Trinajstić information content (AvgIpc) is 1.33.